The first-order chi connectivity index (χ1) is 21.5. The fourth-order valence-electron chi connectivity index (χ4n) is 5.07. The summed E-state index contributed by atoms with van der Waals surface area (Å²) >= 11 is 0. The van der Waals surface area contributed by atoms with E-state index in [1.165, 1.54) is 0 Å². The first-order valence-electron chi connectivity index (χ1n) is 14.2. The second kappa shape index (κ2) is 12.6. The van der Waals surface area contributed by atoms with Gasteiger partial charge in [0.25, 0.3) is 0 Å². The van der Waals surface area contributed by atoms with E-state index >= 15 is 0 Å². The van der Waals surface area contributed by atoms with Gasteiger partial charge >= 0.3 is 0 Å². The van der Waals surface area contributed by atoms with Crippen LogP contribution in [-0.4, -0.2) is 39.2 Å². The molecule has 0 aliphatic carbocycles. The summed E-state index contributed by atoms with van der Waals surface area (Å²) < 4.78 is 10.8. The van der Waals surface area contributed by atoms with Crippen molar-refractivity contribution in [2.75, 3.05) is 19.1 Å². The molecule has 0 aliphatic heterocycles. The zero-order chi connectivity index (χ0) is 30.5. The number of methoxy groups -OCH3 is 2. The van der Waals surface area contributed by atoms with Gasteiger partial charge in [0, 0.05) is 24.3 Å². The fraction of sp³-hybridized carbons (Fsp3) is 0.171. The maximum atomic E-state index is 9.56. The van der Waals surface area contributed by atoms with Crippen molar-refractivity contribution < 1.29 is 9.47 Å². The Bertz CT molecular complexity index is 1890. The molecule has 44 heavy (non-hydrogen) atoms. The summed E-state index contributed by atoms with van der Waals surface area (Å²) in [4.78, 5) is 13.7. The Hall–Kier alpha value is -5.75. The summed E-state index contributed by atoms with van der Waals surface area (Å²) in [5, 5.41) is 19.4. The summed E-state index contributed by atoms with van der Waals surface area (Å²) in [7, 11) is 3.32. The summed E-state index contributed by atoms with van der Waals surface area (Å²) in [5.41, 5.74) is 7.46. The van der Waals surface area contributed by atoms with E-state index in [1.54, 1.807) is 25.1 Å². The van der Waals surface area contributed by atoms with Crippen LogP contribution in [0.2, 0.25) is 0 Å². The molecule has 9 nitrogen and oxygen atoms in total. The molecule has 3 aromatic heterocycles. The zero-order valence-electron chi connectivity index (χ0n) is 24.8. The molecule has 0 saturated heterocycles. The highest BCUT2D eigenvalue weighted by Crippen LogP contribution is 2.31. The lowest BCUT2D eigenvalue weighted by atomic mass is 10.1. The van der Waals surface area contributed by atoms with Crippen LogP contribution in [0.15, 0.2) is 97.1 Å². The van der Waals surface area contributed by atoms with Gasteiger partial charge in [0.05, 0.1) is 37.2 Å². The number of aromatic nitrogens is 5. The minimum absolute atomic E-state index is 0.423. The number of nitriles is 1. The minimum atomic E-state index is 0.423. The second-order valence-corrected chi connectivity index (χ2v) is 10.4. The van der Waals surface area contributed by atoms with E-state index in [9.17, 15) is 5.26 Å². The van der Waals surface area contributed by atoms with Crippen LogP contribution in [0.4, 0.5) is 5.82 Å². The molecular formula is C35H31N7O2. The molecule has 0 radical (unpaired) electrons. The molecule has 0 amide bonds. The maximum absolute atomic E-state index is 9.56. The molecular weight excluding hydrogens is 550 g/mol. The van der Waals surface area contributed by atoms with E-state index in [-0.39, 0.29) is 0 Å². The van der Waals surface area contributed by atoms with Crippen molar-refractivity contribution in [3.63, 3.8) is 0 Å². The van der Waals surface area contributed by atoms with Crippen LogP contribution in [-0.2, 0) is 19.6 Å². The molecule has 9 heteroatoms. The molecule has 6 aromatic rings. The summed E-state index contributed by atoms with van der Waals surface area (Å²) in [6, 6.07) is 33.6. The van der Waals surface area contributed by atoms with E-state index in [0.29, 0.717) is 47.7 Å². The standard InChI is InChI=1S/C35H31N7O2/c1-24-6-4-9-29(37-24)23-42-39-33-19-32(28-8-5-7-27(18-28)20-36)38-35(34(33)40-42)41(21-25-10-14-30(43-2)15-11-25)22-26-12-16-31(44-3)17-13-26/h4-19H,21-23H2,1-3H3. The zero-order valence-corrected chi connectivity index (χ0v) is 24.8. The second-order valence-electron chi connectivity index (χ2n) is 10.4. The van der Waals surface area contributed by atoms with Crippen molar-refractivity contribution in [3.05, 3.63) is 125 Å². The van der Waals surface area contributed by atoms with Gasteiger partial charge < -0.3 is 14.4 Å². The van der Waals surface area contributed by atoms with Crippen LogP contribution in [0.3, 0.4) is 0 Å². The number of hydrogen-bond acceptors (Lipinski definition) is 8. The molecule has 0 saturated carbocycles. The van der Waals surface area contributed by atoms with E-state index in [2.05, 4.69) is 40.2 Å². The molecule has 0 bridgehead atoms. The average Bonchev–Trinajstić information content (AvgIpc) is 3.47. The third-order valence-corrected chi connectivity index (χ3v) is 7.29. The van der Waals surface area contributed by atoms with Crippen LogP contribution >= 0.6 is 0 Å². The Morgan fingerprint density at radius 2 is 1.43 bits per heavy atom. The number of aryl methyl sites for hydroxylation is 1. The van der Waals surface area contributed by atoms with Crippen LogP contribution in [0.5, 0.6) is 11.5 Å². The number of hydrogen-bond donors (Lipinski definition) is 0. The fourth-order valence-corrected chi connectivity index (χ4v) is 5.07. The number of pyridine rings is 2. The average molecular weight is 582 g/mol. The largest absolute Gasteiger partial charge is 0.497 e. The predicted molar refractivity (Wildman–Crippen MR) is 169 cm³/mol. The summed E-state index contributed by atoms with van der Waals surface area (Å²) in [6.07, 6.45) is 0. The van der Waals surface area contributed by atoms with Crippen molar-refractivity contribution in [3.8, 4) is 28.8 Å². The highest BCUT2D eigenvalue weighted by Gasteiger charge is 2.20. The first-order valence-corrected chi connectivity index (χ1v) is 14.2. The van der Waals surface area contributed by atoms with Gasteiger partial charge in [-0.1, -0.05) is 42.5 Å². The maximum Gasteiger partial charge on any atom is 0.160 e. The summed E-state index contributed by atoms with van der Waals surface area (Å²) in [5.74, 6) is 2.28. The molecule has 0 aliphatic rings. The minimum Gasteiger partial charge on any atom is -0.497 e. The Morgan fingerprint density at radius 1 is 0.773 bits per heavy atom. The van der Waals surface area contributed by atoms with Crippen LogP contribution in [0.1, 0.15) is 28.1 Å². The van der Waals surface area contributed by atoms with Crippen molar-refractivity contribution in [2.24, 2.45) is 0 Å². The molecule has 3 heterocycles. The van der Waals surface area contributed by atoms with E-state index in [1.807, 2.05) is 73.7 Å². The SMILES string of the molecule is COc1ccc(CN(Cc2ccc(OC)cc2)c2nc(-c3cccc(C#N)c3)cc3nn(Cc4cccc(C)n4)nc23)cc1. The van der Waals surface area contributed by atoms with Crippen molar-refractivity contribution in [2.45, 2.75) is 26.6 Å². The number of nitrogens with zero attached hydrogens (tertiary/aromatic N) is 7. The highest BCUT2D eigenvalue weighted by molar-refractivity contribution is 5.89. The third kappa shape index (κ3) is 6.35. The third-order valence-electron chi connectivity index (χ3n) is 7.29. The van der Waals surface area contributed by atoms with E-state index < -0.39 is 0 Å². The Labute approximate surface area is 256 Å². The lowest BCUT2D eigenvalue weighted by Gasteiger charge is -2.25. The number of benzene rings is 3. The molecule has 0 fully saturated rings. The Kier molecular flexibility index (Phi) is 8.15. The normalized spacial score (nSPS) is 10.9. The van der Waals surface area contributed by atoms with Gasteiger partial charge in [-0.05, 0) is 72.6 Å². The van der Waals surface area contributed by atoms with Crippen LogP contribution in [0, 0.1) is 18.3 Å². The topological polar surface area (TPSA) is 102 Å². The van der Waals surface area contributed by atoms with Crippen LogP contribution < -0.4 is 14.4 Å². The molecule has 218 valence electrons. The number of ether oxygens (including phenoxy) is 2. The molecule has 0 N–H and O–H groups in total. The first kappa shape index (κ1) is 28.4. The molecule has 0 unspecified atom stereocenters. The number of fused-ring (bicyclic) bond motifs is 1. The Balaban J connectivity index is 1.49. The number of anilines is 1. The van der Waals surface area contributed by atoms with Gasteiger partial charge in [0.2, 0.25) is 0 Å². The van der Waals surface area contributed by atoms with E-state index in [4.69, 9.17) is 24.7 Å². The highest BCUT2D eigenvalue weighted by atomic mass is 16.5. The quantitative estimate of drug-likeness (QED) is 0.185. The molecule has 0 spiro atoms. The lowest BCUT2D eigenvalue weighted by Crippen LogP contribution is -2.24. The lowest BCUT2D eigenvalue weighted by molar-refractivity contribution is 0.414. The van der Waals surface area contributed by atoms with Gasteiger partial charge in [-0.3, -0.25) is 4.98 Å². The van der Waals surface area contributed by atoms with Crippen molar-refractivity contribution >= 4 is 16.9 Å². The van der Waals surface area contributed by atoms with Crippen LogP contribution in [0.25, 0.3) is 22.3 Å². The molecule has 6 rings (SSSR count). The summed E-state index contributed by atoms with van der Waals surface area (Å²) in [6.45, 7) is 3.51. The van der Waals surface area contributed by atoms with Gasteiger partial charge in [-0.25, -0.2) is 4.98 Å². The molecule has 3 aromatic carbocycles. The molecule has 0 atom stereocenters. The van der Waals surface area contributed by atoms with E-state index in [0.717, 1.165) is 39.6 Å². The monoisotopic (exact) mass is 581 g/mol. The van der Waals surface area contributed by atoms with Crippen molar-refractivity contribution in [1.29, 1.82) is 5.26 Å². The smallest absolute Gasteiger partial charge is 0.160 e. The predicted octanol–water partition coefficient (Wildman–Crippen LogP) is 6.34. The Morgan fingerprint density at radius 3 is 2.05 bits per heavy atom. The van der Waals surface area contributed by atoms with Gasteiger partial charge in [-0.2, -0.15) is 15.2 Å². The number of rotatable bonds is 10. The van der Waals surface area contributed by atoms with Gasteiger partial charge in [-0.15, -0.1) is 5.10 Å². The van der Waals surface area contributed by atoms with Crippen molar-refractivity contribution in [1.82, 2.24) is 25.0 Å². The van der Waals surface area contributed by atoms with Gasteiger partial charge in [0.1, 0.15) is 23.6 Å². The van der Waals surface area contributed by atoms with Gasteiger partial charge in [0.15, 0.2) is 11.3 Å².